The number of aliphatic hydroxyl groups excluding tert-OH is 6. The van der Waals surface area contributed by atoms with Gasteiger partial charge in [-0.15, -0.1) is 4.33 Å². The van der Waals surface area contributed by atoms with Crippen molar-refractivity contribution in [1.82, 2.24) is 36.4 Å². The number of carbonyl (C=O) groups excluding carboxylic acids is 8. The third kappa shape index (κ3) is 17.8. The van der Waals surface area contributed by atoms with E-state index in [2.05, 4.69) is 70.0 Å². The fraction of sp³-hybridized carbons (Fsp3) is 0.552. The zero-order valence-corrected chi connectivity index (χ0v) is 52.4. The smallest absolute Gasteiger partial charge is 0.691 e. The topological polar surface area (TPSA) is 428 Å². The molecule has 13 atom stereocenters. The second kappa shape index (κ2) is 32.1. The largest absolute Gasteiger partial charge is 1.00 e. The summed E-state index contributed by atoms with van der Waals surface area (Å²) < 4.78 is 9.16. The molecule has 0 aromatic heterocycles. The molecule has 0 radical (unpaired) electrons. The van der Waals surface area contributed by atoms with E-state index in [-0.39, 0.29) is 58.8 Å². The Balaban J connectivity index is 0.0000113. The van der Waals surface area contributed by atoms with Gasteiger partial charge in [0.15, 0.2) is 11.5 Å². The van der Waals surface area contributed by atoms with Crippen LogP contribution in [-0.2, 0) is 49.4 Å². The predicted molar refractivity (Wildman–Crippen MR) is 310 cm³/mol. The first kappa shape index (κ1) is 70.1. The normalized spacial score (nSPS) is 27.3. The number of anilines is 2. The number of fused-ring (bicyclic) bond motifs is 2. The van der Waals surface area contributed by atoms with E-state index >= 15 is 0 Å². The molecule has 8 rings (SSSR count). The van der Waals surface area contributed by atoms with Gasteiger partial charge in [-0.3, -0.25) is 43.4 Å². The molecule has 4 aliphatic heterocycles. The number of piperazine rings is 1. The summed E-state index contributed by atoms with van der Waals surface area (Å²) in [5, 5.41) is 104. The zero-order valence-electron chi connectivity index (χ0n) is 49.6. The number of β-amino-alcohol motifs (C(OH)–C–C–N with tert-alkyl or cyclic N) is 1. The number of primary amides is 1. The monoisotopic (exact) mass is 1270 g/mol. The van der Waals surface area contributed by atoms with Crippen LogP contribution < -0.4 is 81.1 Å². The van der Waals surface area contributed by atoms with Crippen molar-refractivity contribution in [2.75, 3.05) is 55.6 Å². The van der Waals surface area contributed by atoms with Crippen LogP contribution >= 0.6 is 12.3 Å². The van der Waals surface area contributed by atoms with Crippen molar-refractivity contribution in [1.29, 1.82) is 0 Å². The number of phenols is 1. The molecule has 480 valence electrons. The Labute approximate surface area is 539 Å². The number of hydrogen-bond donors (Lipinski definition) is 13. The number of nitrogens with two attached hydrogens (primary N) is 1. The first-order valence-electron chi connectivity index (χ1n) is 29.3. The summed E-state index contributed by atoms with van der Waals surface area (Å²) in [5.41, 5.74) is 8.93. The number of nitrogens with one attached hydrogen (secondary N) is 5. The third-order valence-electron chi connectivity index (χ3n) is 16.9. The minimum atomic E-state index is -2.21. The predicted octanol–water partition coefficient (Wildman–Crippen LogP) is -6.24. The molecule has 1 saturated carbocycles. The number of aliphatic hydroxyl groups is 6. The summed E-state index contributed by atoms with van der Waals surface area (Å²) in [6.45, 7) is 3.81. The Morgan fingerprint density at radius 1 is 0.742 bits per heavy atom. The molecule has 4 heterocycles. The van der Waals surface area contributed by atoms with Crippen molar-refractivity contribution in [2.45, 2.75) is 150 Å². The SMILES string of the molecule is CC(O)C1NC(=O)[C@@H](NC(=O)c2ccc(N3CCN(c4ccc(C5CCCCC5)cc4)CC3)cc2)CC(O)CNC(=O)C2C(O)C(C)CN2C(=O)C(C(O)CC(N)=O)NC(=O)C(C(O)Cc2ccc(O)c(OSOO[O-])c2)NC(=O)C2CC(O)CN2C1=O.[Na+]. The van der Waals surface area contributed by atoms with Gasteiger partial charge in [-0.25, -0.2) is 0 Å². The molecular formula is C58H77N10NaO19S. The molecule has 1 aliphatic carbocycles. The summed E-state index contributed by atoms with van der Waals surface area (Å²) in [6.07, 6.45) is -7.24. The molecule has 5 aliphatic rings. The molecule has 29 nitrogen and oxygen atoms in total. The summed E-state index contributed by atoms with van der Waals surface area (Å²) >= 11 is 0.00129. The van der Waals surface area contributed by atoms with Gasteiger partial charge in [-0.2, -0.15) is 0 Å². The van der Waals surface area contributed by atoms with E-state index in [1.165, 1.54) is 50.7 Å². The number of carbonyl (C=O) groups is 8. The summed E-state index contributed by atoms with van der Waals surface area (Å²) in [6, 6.07) is 7.35. The van der Waals surface area contributed by atoms with E-state index in [0.29, 0.717) is 19.0 Å². The Morgan fingerprint density at radius 3 is 1.97 bits per heavy atom. The van der Waals surface area contributed by atoms with Crippen molar-refractivity contribution in [3.05, 3.63) is 83.4 Å². The van der Waals surface area contributed by atoms with Gasteiger partial charge in [0, 0.05) is 87.9 Å². The van der Waals surface area contributed by atoms with Gasteiger partial charge < -0.3 is 97.1 Å². The maximum Gasteiger partial charge on any atom is 1.00 e. The second-order valence-electron chi connectivity index (χ2n) is 23.2. The van der Waals surface area contributed by atoms with Crippen LogP contribution in [0.4, 0.5) is 11.4 Å². The average Bonchev–Trinajstić information content (AvgIpc) is 3.17. The zero-order chi connectivity index (χ0) is 63.5. The third-order valence-corrected chi connectivity index (χ3v) is 17.3. The van der Waals surface area contributed by atoms with Gasteiger partial charge in [0.2, 0.25) is 41.4 Å². The summed E-state index contributed by atoms with van der Waals surface area (Å²) in [7, 11) is 0. The molecule has 8 amide bonds. The fourth-order valence-electron chi connectivity index (χ4n) is 12.1. The van der Waals surface area contributed by atoms with E-state index in [4.69, 9.17) is 9.92 Å². The number of hydrogen-bond acceptors (Lipinski definition) is 22. The molecule has 89 heavy (non-hydrogen) atoms. The summed E-state index contributed by atoms with van der Waals surface area (Å²) in [5.74, 6) is -10.3. The molecule has 12 unspecified atom stereocenters. The first-order valence-corrected chi connectivity index (χ1v) is 30.0. The molecule has 5 fully saturated rings. The van der Waals surface area contributed by atoms with E-state index in [9.17, 15) is 79.4 Å². The molecule has 14 N–H and O–H groups in total. The van der Waals surface area contributed by atoms with Crippen molar-refractivity contribution in [3.8, 4) is 11.5 Å². The maximum atomic E-state index is 14.7. The Kier molecular flexibility index (Phi) is 25.2. The van der Waals surface area contributed by atoms with Crippen LogP contribution in [0.3, 0.4) is 0 Å². The van der Waals surface area contributed by atoms with Gasteiger partial charge in [-0.1, -0.05) is 44.4 Å². The molecule has 3 aromatic carbocycles. The van der Waals surface area contributed by atoms with Crippen LogP contribution in [0, 0.1) is 5.92 Å². The van der Waals surface area contributed by atoms with Crippen LogP contribution in [0.2, 0.25) is 0 Å². The van der Waals surface area contributed by atoms with E-state index < -0.39 is 177 Å². The molecule has 4 saturated heterocycles. The van der Waals surface area contributed by atoms with Crippen LogP contribution in [-0.4, -0.2) is 211 Å². The Bertz CT molecular complexity index is 2960. The number of rotatable bonds is 16. The molecule has 0 bridgehead atoms. The molecular weight excluding hydrogens is 1200 g/mol. The summed E-state index contributed by atoms with van der Waals surface area (Å²) in [4.78, 5) is 120. The van der Waals surface area contributed by atoms with Gasteiger partial charge in [0.05, 0.1) is 43.0 Å². The maximum absolute atomic E-state index is 14.7. The minimum Gasteiger partial charge on any atom is -0.691 e. The number of nitrogens with zero attached hydrogens (tertiary/aromatic N) is 4. The van der Waals surface area contributed by atoms with E-state index in [0.717, 1.165) is 53.3 Å². The first-order chi connectivity index (χ1) is 42.0. The average molecular weight is 1270 g/mol. The number of benzene rings is 3. The number of aromatic hydroxyl groups is 1. The number of amides is 8. The van der Waals surface area contributed by atoms with Crippen molar-refractivity contribution < 1.29 is 122 Å². The van der Waals surface area contributed by atoms with E-state index in [1.807, 2.05) is 0 Å². The Morgan fingerprint density at radius 2 is 1.35 bits per heavy atom. The van der Waals surface area contributed by atoms with Gasteiger partial charge >= 0.3 is 29.6 Å². The van der Waals surface area contributed by atoms with Crippen LogP contribution in [0.5, 0.6) is 11.5 Å². The van der Waals surface area contributed by atoms with Crippen LogP contribution in [0.1, 0.15) is 92.6 Å². The van der Waals surface area contributed by atoms with Crippen molar-refractivity contribution in [2.24, 2.45) is 11.7 Å². The second-order valence-corrected chi connectivity index (χ2v) is 23.6. The van der Waals surface area contributed by atoms with Gasteiger partial charge in [0.1, 0.15) is 36.3 Å². The van der Waals surface area contributed by atoms with Crippen LogP contribution in [0.15, 0.2) is 66.7 Å². The van der Waals surface area contributed by atoms with E-state index in [1.54, 1.807) is 24.3 Å². The van der Waals surface area contributed by atoms with Gasteiger partial charge in [-0.05, 0) is 85.3 Å². The van der Waals surface area contributed by atoms with Crippen molar-refractivity contribution >= 4 is 71.0 Å². The quantitative estimate of drug-likeness (QED) is 0.0209. The fourth-order valence-corrected chi connectivity index (χ4v) is 12.4. The molecule has 0 spiro atoms. The molecule has 3 aromatic rings. The Hall–Kier alpha value is -6.39. The van der Waals surface area contributed by atoms with Crippen molar-refractivity contribution in [3.63, 3.8) is 0 Å². The number of phenolic OH excluding ortho intramolecular Hbond substituents is 1. The standard InChI is InChI=1S/C58H78N10O19S.Na/c1-30-28-68-50(51(30)76)56(81)60-27-38(70)24-40(61-52(77)35-11-15-37(16-12-35)66-20-18-65(19-21-66)36-13-9-34(10-14-36)33-6-4-3-5-7-33)53(78)62-47(31(2)69)57(82)67-29-39(71)25-41(67)54(79)63-48(55(80)64-49(58(68)83)44(74)26-46(59)75)43(73)22-32-8-17-42(72)45(23-32)85-88-87-86-84;/h8-17,23,30-31,33,38-41,43-44,47-51,69-74,76,84H,3-7,18-22,24-29H2,1-2H3,(H2,59,75)(H,60,81)(H,61,77)(H,62,78)(H,63,79)(H,64,80);/q;+1/p-1/t30?,31?,38?,39?,40-,41?,43?,44?,47?,48?,49?,50?,51?;/m0./s1. The van der Waals surface area contributed by atoms with Gasteiger partial charge in [0.25, 0.3) is 18.2 Å². The molecule has 31 heteroatoms. The minimum absolute atomic E-state index is 0. The van der Waals surface area contributed by atoms with Crippen LogP contribution in [0.25, 0.3) is 0 Å².